The molecule has 2 aromatic rings. The van der Waals surface area contributed by atoms with E-state index in [1.54, 1.807) is 6.20 Å². The van der Waals surface area contributed by atoms with Gasteiger partial charge in [-0.3, -0.25) is 0 Å². The van der Waals surface area contributed by atoms with Crippen LogP contribution in [0.3, 0.4) is 0 Å². The molecule has 0 aliphatic heterocycles. The lowest BCUT2D eigenvalue weighted by Gasteiger charge is -2.13. The molecule has 19 heavy (non-hydrogen) atoms. The van der Waals surface area contributed by atoms with E-state index in [2.05, 4.69) is 28.3 Å². The number of ether oxygens (including phenoxy) is 2. The van der Waals surface area contributed by atoms with Crippen LogP contribution in [0.4, 0.5) is 0 Å². The smallest absolute Gasteiger partial charge is 0.196 e. The van der Waals surface area contributed by atoms with E-state index in [-0.39, 0.29) is 6.29 Å². The zero-order chi connectivity index (χ0) is 13.5. The quantitative estimate of drug-likeness (QED) is 0.566. The lowest BCUT2D eigenvalue weighted by atomic mass is 10.2. The molecule has 0 aliphatic carbocycles. The summed E-state index contributed by atoms with van der Waals surface area (Å²) < 4.78 is 12.7. The first kappa shape index (κ1) is 13.4. The maximum absolute atomic E-state index is 5.53. The van der Waals surface area contributed by atoms with Crippen LogP contribution in [0.1, 0.15) is 18.3 Å². The van der Waals surface area contributed by atoms with Gasteiger partial charge in [0.25, 0.3) is 0 Å². The predicted molar refractivity (Wildman–Crippen MR) is 73.3 cm³/mol. The van der Waals surface area contributed by atoms with E-state index in [0.717, 1.165) is 12.4 Å². The average Bonchev–Trinajstić information content (AvgIpc) is 2.85. The molecule has 0 saturated carbocycles. The van der Waals surface area contributed by atoms with Crippen LogP contribution in [0, 0.1) is 0 Å². The second-order valence-electron chi connectivity index (χ2n) is 4.14. The van der Waals surface area contributed by atoms with E-state index in [1.165, 1.54) is 11.8 Å². The van der Waals surface area contributed by atoms with Crippen molar-refractivity contribution >= 4 is 0 Å². The number of hydrogen-bond donors (Lipinski definition) is 0. The van der Waals surface area contributed by atoms with E-state index in [1.807, 2.05) is 31.3 Å². The summed E-state index contributed by atoms with van der Waals surface area (Å²) in [6, 6.07) is 10.3. The summed E-state index contributed by atoms with van der Waals surface area (Å²) in [5.41, 5.74) is 1.23. The van der Waals surface area contributed by atoms with E-state index in [0.29, 0.717) is 6.61 Å². The molecule has 100 valence electrons. The lowest BCUT2D eigenvalue weighted by Crippen LogP contribution is -2.13. The Morgan fingerprint density at radius 3 is 2.89 bits per heavy atom. The highest BCUT2D eigenvalue weighted by molar-refractivity contribution is 5.15. The van der Waals surface area contributed by atoms with Gasteiger partial charge in [-0.25, -0.2) is 4.98 Å². The molecular formula is C15H18N2O2. The van der Waals surface area contributed by atoms with Crippen molar-refractivity contribution in [3.05, 3.63) is 67.0 Å². The lowest BCUT2D eigenvalue weighted by molar-refractivity contribution is -0.103. The second kappa shape index (κ2) is 6.75. The first-order valence-corrected chi connectivity index (χ1v) is 6.21. The molecule has 1 heterocycles. The number of aromatic nitrogens is 2. The summed E-state index contributed by atoms with van der Waals surface area (Å²) >= 11 is 0. The molecule has 0 fully saturated rings. The van der Waals surface area contributed by atoms with Gasteiger partial charge in [-0.1, -0.05) is 36.9 Å². The fraction of sp³-hybridized carbons (Fsp3) is 0.267. The minimum absolute atomic E-state index is 0.320. The molecule has 0 spiro atoms. The summed E-state index contributed by atoms with van der Waals surface area (Å²) in [6.45, 7) is 6.52. The summed E-state index contributed by atoms with van der Waals surface area (Å²) in [5, 5.41) is 0. The number of imidazole rings is 1. The summed E-state index contributed by atoms with van der Waals surface area (Å²) in [6.07, 6.45) is 4.78. The van der Waals surface area contributed by atoms with Crippen LogP contribution in [0.25, 0.3) is 0 Å². The van der Waals surface area contributed by atoms with E-state index < -0.39 is 0 Å². The van der Waals surface area contributed by atoms with Crippen molar-refractivity contribution < 1.29 is 9.47 Å². The Labute approximate surface area is 113 Å². The molecule has 4 heteroatoms. The number of nitrogens with zero attached hydrogens (tertiary/aromatic N) is 2. The van der Waals surface area contributed by atoms with Crippen molar-refractivity contribution in [2.75, 3.05) is 0 Å². The van der Waals surface area contributed by atoms with E-state index in [9.17, 15) is 0 Å². The van der Waals surface area contributed by atoms with Crippen LogP contribution in [-0.4, -0.2) is 15.8 Å². The Hall–Kier alpha value is -2.07. The molecule has 1 unspecified atom stereocenters. The van der Waals surface area contributed by atoms with Crippen molar-refractivity contribution in [2.45, 2.75) is 26.4 Å². The predicted octanol–water partition coefficient (Wildman–Crippen LogP) is 2.95. The number of hydrogen-bond acceptors (Lipinski definition) is 3. The minimum atomic E-state index is -0.320. The second-order valence-corrected chi connectivity index (χ2v) is 4.14. The van der Waals surface area contributed by atoms with Crippen molar-refractivity contribution in [1.82, 2.24) is 9.55 Å². The molecular weight excluding hydrogens is 240 g/mol. The Bertz CT molecular complexity index is 508. The Morgan fingerprint density at radius 2 is 2.16 bits per heavy atom. The van der Waals surface area contributed by atoms with Gasteiger partial charge >= 0.3 is 0 Å². The summed E-state index contributed by atoms with van der Waals surface area (Å²) in [4.78, 5) is 4.30. The molecule has 1 aromatic carbocycles. The van der Waals surface area contributed by atoms with Crippen molar-refractivity contribution in [3.63, 3.8) is 0 Å². The Morgan fingerprint density at radius 1 is 1.37 bits per heavy atom. The number of benzene rings is 1. The van der Waals surface area contributed by atoms with Gasteiger partial charge in [0.15, 0.2) is 6.29 Å². The Balaban J connectivity index is 1.96. The largest absolute Gasteiger partial charge is 0.473 e. The molecule has 0 N–H and O–H groups in total. The fourth-order valence-electron chi connectivity index (χ4n) is 1.77. The van der Waals surface area contributed by atoms with Crippen molar-refractivity contribution in [1.29, 1.82) is 0 Å². The fourth-order valence-corrected chi connectivity index (χ4v) is 1.77. The molecule has 0 bridgehead atoms. The van der Waals surface area contributed by atoms with Gasteiger partial charge < -0.3 is 14.0 Å². The van der Waals surface area contributed by atoms with E-state index >= 15 is 0 Å². The third-order valence-electron chi connectivity index (χ3n) is 2.73. The SMILES string of the molecule is C=COC(C)OCc1nccn1Cc1ccccc1. The minimum Gasteiger partial charge on any atom is -0.473 e. The standard InChI is InChI=1S/C15H18N2O2/c1-3-18-13(2)19-12-15-16-9-10-17(15)11-14-7-5-4-6-8-14/h3-10,13H,1,11-12H2,2H3. The van der Waals surface area contributed by atoms with Crippen LogP contribution in [0.5, 0.6) is 0 Å². The molecule has 0 saturated heterocycles. The van der Waals surface area contributed by atoms with Gasteiger partial charge in [0.05, 0.1) is 6.26 Å². The normalized spacial score (nSPS) is 12.1. The topological polar surface area (TPSA) is 36.3 Å². The van der Waals surface area contributed by atoms with Crippen LogP contribution in [0.15, 0.2) is 55.6 Å². The third kappa shape index (κ3) is 3.96. The Kier molecular flexibility index (Phi) is 4.75. The number of rotatable bonds is 7. The van der Waals surface area contributed by atoms with Gasteiger partial charge in [0.1, 0.15) is 12.4 Å². The molecule has 0 amide bonds. The van der Waals surface area contributed by atoms with Crippen LogP contribution in [0.2, 0.25) is 0 Å². The van der Waals surface area contributed by atoms with Crippen LogP contribution in [-0.2, 0) is 22.6 Å². The van der Waals surface area contributed by atoms with Crippen molar-refractivity contribution in [2.24, 2.45) is 0 Å². The maximum Gasteiger partial charge on any atom is 0.196 e. The highest BCUT2D eigenvalue weighted by atomic mass is 16.7. The first-order valence-electron chi connectivity index (χ1n) is 6.21. The third-order valence-corrected chi connectivity index (χ3v) is 2.73. The molecule has 4 nitrogen and oxygen atoms in total. The van der Waals surface area contributed by atoms with Gasteiger partial charge in [0, 0.05) is 18.9 Å². The summed E-state index contributed by atoms with van der Waals surface area (Å²) in [5.74, 6) is 0.878. The highest BCUT2D eigenvalue weighted by Gasteiger charge is 2.06. The van der Waals surface area contributed by atoms with Gasteiger partial charge in [-0.05, 0) is 12.5 Å². The zero-order valence-electron chi connectivity index (χ0n) is 11.0. The van der Waals surface area contributed by atoms with E-state index in [4.69, 9.17) is 9.47 Å². The van der Waals surface area contributed by atoms with Crippen LogP contribution >= 0.6 is 0 Å². The molecule has 1 aromatic heterocycles. The van der Waals surface area contributed by atoms with Gasteiger partial charge in [-0.2, -0.15) is 0 Å². The molecule has 0 aliphatic rings. The zero-order valence-corrected chi connectivity index (χ0v) is 11.0. The van der Waals surface area contributed by atoms with Gasteiger partial charge in [0.2, 0.25) is 0 Å². The molecule has 2 rings (SSSR count). The average molecular weight is 258 g/mol. The van der Waals surface area contributed by atoms with Crippen LogP contribution < -0.4 is 0 Å². The molecule has 1 atom stereocenters. The van der Waals surface area contributed by atoms with Crippen molar-refractivity contribution in [3.8, 4) is 0 Å². The molecule has 0 radical (unpaired) electrons. The van der Waals surface area contributed by atoms with Gasteiger partial charge in [-0.15, -0.1) is 0 Å². The maximum atomic E-state index is 5.53. The summed E-state index contributed by atoms with van der Waals surface area (Å²) in [7, 11) is 0. The first-order chi connectivity index (χ1) is 9.29. The highest BCUT2D eigenvalue weighted by Crippen LogP contribution is 2.07. The monoisotopic (exact) mass is 258 g/mol.